The van der Waals surface area contributed by atoms with Crippen molar-refractivity contribution in [2.24, 2.45) is 11.3 Å². The van der Waals surface area contributed by atoms with Crippen LogP contribution in [0.3, 0.4) is 0 Å². The van der Waals surface area contributed by atoms with Gasteiger partial charge in [0.2, 0.25) is 0 Å². The number of hydrogen-bond donors (Lipinski definition) is 2. The van der Waals surface area contributed by atoms with Crippen molar-refractivity contribution in [1.82, 2.24) is 5.43 Å². The second-order valence-corrected chi connectivity index (χ2v) is 5.88. The summed E-state index contributed by atoms with van der Waals surface area (Å²) in [4.78, 5) is 0. The zero-order chi connectivity index (χ0) is 13.2. The molecule has 0 saturated heterocycles. The number of benzene rings is 1. The Balaban J connectivity index is 2.31. The van der Waals surface area contributed by atoms with Gasteiger partial charge in [-0.2, -0.15) is 0 Å². The average Bonchev–Trinajstić information content (AvgIpc) is 2.29. The fourth-order valence-electron chi connectivity index (χ4n) is 3.28. The van der Waals surface area contributed by atoms with E-state index in [0.717, 1.165) is 24.0 Å². The van der Waals surface area contributed by atoms with Gasteiger partial charge in [0, 0.05) is 0 Å². The molecule has 3 heteroatoms. The second kappa shape index (κ2) is 5.37. The van der Waals surface area contributed by atoms with Crippen LogP contribution in [0.5, 0.6) is 0 Å². The Labute approximate surface area is 109 Å². The van der Waals surface area contributed by atoms with Gasteiger partial charge < -0.3 is 0 Å². The van der Waals surface area contributed by atoms with E-state index in [2.05, 4.69) is 12.3 Å². The summed E-state index contributed by atoms with van der Waals surface area (Å²) in [5.74, 6) is 5.57. The van der Waals surface area contributed by atoms with E-state index in [0.29, 0.717) is 0 Å². The minimum Gasteiger partial charge on any atom is -0.271 e. The van der Waals surface area contributed by atoms with Gasteiger partial charge in [0.1, 0.15) is 5.82 Å². The first kappa shape index (κ1) is 13.5. The van der Waals surface area contributed by atoms with Crippen molar-refractivity contribution in [3.63, 3.8) is 0 Å². The Morgan fingerprint density at radius 1 is 1.22 bits per heavy atom. The zero-order valence-electron chi connectivity index (χ0n) is 11.3. The highest BCUT2D eigenvalue weighted by atomic mass is 19.1. The van der Waals surface area contributed by atoms with E-state index in [1.165, 1.54) is 19.3 Å². The largest absolute Gasteiger partial charge is 0.271 e. The molecule has 1 aliphatic carbocycles. The fraction of sp³-hybridized carbons (Fsp3) is 0.600. The van der Waals surface area contributed by atoms with Crippen LogP contribution in [0.25, 0.3) is 0 Å². The fourth-order valence-corrected chi connectivity index (χ4v) is 3.28. The van der Waals surface area contributed by atoms with Crippen LogP contribution in [-0.4, -0.2) is 0 Å². The zero-order valence-corrected chi connectivity index (χ0v) is 11.3. The SMILES string of the molecule is Cc1cc(F)cc(C(NN)C2(C)CCCCC2)c1. The molecule has 0 amide bonds. The third kappa shape index (κ3) is 2.73. The number of rotatable bonds is 3. The maximum absolute atomic E-state index is 13.5. The molecule has 0 heterocycles. The number of aryl methyl sites for hydroxylation is 1. The lowest BCUT2D eigenvalue weighted by molar-refractivity contribution is 0.145. The van der Waals surface area contributed by atoms with Crippen molar-refractivity contribution in [2.75, 3.05) is 0 Å². The summed E-state index contributed by atoms with van der Waals surface area (Å²) in [6.45, 7) is 4.18. The molecule has 0 aliphatic heterocycles. The Bertz CT molecular complexity index is 391. The van der Waals surface area contributed by atoms with E-state index >= 15 is 0 Å². The highest BCUT2D eigenvalue weighted by molar-refractivity contribution is 5.27. The Morgan fingerprint density at radius 3 is 2.44 bits per heavy atom. The number of halogens is 1. The predicted octanol–water partition coefficient (Wildman–Crippen LogP) is 3.61. The summed E-state index contributed by atoms with van der Waals surface area (Å²) in [5.41, 5.74) is 4.97. The summed E-state index contributed by atoms with van der Waals surface area (Å²) in [6, 6.07) is 5.23. The van der Waals surface area contributed by atoms with E-state index in [-0.39, 0.29) is 17.3 Å². The number of nitrogens with one attached hydrogen (secondary N) is 1. The van der Waals surface area contributed by atoms with Crippen LogP contribution in [-0.2, 0) is 0 Å². The molecule has 2 rings (SSSR count). The van der Waals surface area contributed by atoms with Crippen LogP contribution >= 0.6 is 0 Å². The molecule has 1 saturated carbocycles. The van der Waals surface area contributed by atoms with E-state index in [1.807, 2.05) is 13.0 Å². The number of nitrogens with two attached hydrogens (primary N) is 1. The maximum atomic E-state index is 13.5. The van der Waals surface area contributed by atoms with Gasteiger partial charge in [0.05, 0.1) is 6.04 Å². The van der Waals surface area contributed by atoms with Crippen LogP contribution in [0.1, 0.15) is 56.2 Å². The standard InChI is InChI=1S/C15H23FN2/c1-11-8-12(10-13(16)9-11)14(18-17)15(2)6-4-3-5-7-15/h8-10,14,18H,3-7,17H2,1-2H3. The molecule has 1 aromatic rings. The summed E-state index contributed by atoms with van der Waals surface area (Å²) >= 11 is 0. The Hall–Kier alpha value is -0.930. The maximum Gasteiger partial charge on any atom is 0.123 e. The van der Waals surface area contributed by atoms with Crippen molar-refractivity contribution >= 4 is 0 Å². The van der Waals surface area contributed by atoms with Crippen LogP contribution in [0.15, 0.2) is 18.2 Å². The molecule has 1 fully saturated rings. The van der Waals surface area contributed by atoms with E-state index in [4.69, 9.17) is 5.84 Å². The van der Waals surface area contributed by atoms with Crippen molar-refractivity contribution in [2.45, 2.75) is 52.0 Å². The monoisotopic (exact) mass is 250 g/mol. The van der Waals surface area contributed by atoms with E-state index in [1.54, 1.807) is 12.1 Å². The molecule has 3 N–H and O–H groups in total. The molecule has 100 valence electrons. The van der Waals surface area contributed by atoms with Gasteiger partial charge in [0.15, 0.2) is 0 Å². The third-order valence-corrected chi connectivity index (χ3v) is 4.26. The molecule has 1 unspecified atom stereocenters. The second-order valence-electron chi connectivity index (χ2n) is 5.88. The Kier molecular flexibility index (Phi) is 4.03. The average molecular weight is 250 g/mol. The first-order valence-electron chi connectivity index (χ1n) is 6.78. The molecule has 0 bridgehead atoms. The van der Waals surface area contributed by atoms with Crippen LogP contribution in [0, 0.1) is 18.2 Å². The minimum atomic E-state index is -0.176. The molecule has 1 atom stereocenters. The third-order valence-electron chi connectivity index (χ3n) is 4.26. The smallest absolute Gasteiger partial charge is 0.123 e. The van der Waals surface area contributed by atoms with E-state index in [9.17, 15) is 4.39 Å². The molecule has 1 aliphatic rings. The summed E-state index contributed by atoms with van der Waals surface area (Å²) in [5, 5.41) is 0. The quantitative estimate of drug-likeness (QED) is 0.635. The predicted molar refractivity (Wildman–Crippen MR) is 72.4 cm³/mol. The van der Waals surface area contributed by atoms with Gasteiger partial charge in [-0.05, 0) is 48.4 Å². The first-order chi connectivity index (χ1) is 8.55. The minimum absolute atomic E-state index is 0.0344. The van der Waals surface area contributed by atoms with E-state index < -0.39 is 0 Å². The normalized spacial score (nSPS) is 20.7. The lowest BCUT2D eigenvalue weighted by Gasteiger charge is -2.40. The van der Waals surface area contributed by atoms with Gasteiger partial charge in [-0.1, -0.05) is 32.3 Å². The molecule has 0 aromatic heterocycles. The molecule has 2 nitrogen and oxygen atoms in total. The summed E-state index contributed by atoms with van der Waals surface area (Å²) in [7, 11) is 0. The molecular weight excluding hydrogens is 227 g/mol. The van der Waals surface area contributed by atoms with Crippen molar-refractivity contribution in [3.05, 3.63) is 35.1 Å². The van der Waals surface area contributed by atoms with Gasteiger partial charge in [0.25, 0.3) is 0 Å². The lowest BCUT2D eigenvalue weighted by Crippen LogP contribution is -2.41. The van der Waals surface area contributed by atoms with Gasteiger partial charge in [-0.3, -0.25) is 11.3 Å². The van der Waals surface area contributed by atoms with Crippen LogP contribution in [0.2, 0.25) is 0 Å². The van der Waals surface area contributed by atoms with Crippen LogP contribution < -0.4 is 11.3 Å². The number of hydrazine groups is 1. The Morgan fingerprint density at radius 2 is 1.89 bits per heavy atom. The van der Waals surface area contributed by atoms with Crippen molar-refractivity contribution in [1.29, 1.82) is 0 Å². The van der Waals surface area contributed by atoms with Gasteiger partial charge in [-0.25, -0.2) is 4.39 Å². The molecular formula is C15H23FN2. The molecule has 0 radical (unpaired) electrons. The van der Waals surface area contributed by atoms with Gasteiger partial charge in [-0.15, -0.1) is 0 Å². The van der Waals surface area contributed by atoms with Crippen LogP contribution in [0.4, 0.5) is 4.39 Å². The molecule has 18 heavy (non-hydrogen) atoms. The lowest BCUT2D eigenvalue weighted by atomic mass is 9.69. The highest BCUT2D eigenvalue weighted by Gasteiger charge is 2.36. The van der Waals surface area contributed by atoms with Gasteiger partial charge >= 0.3 is 0 Å². The summed E-state index contributed by atoms with van der Waals surface area (Å²) in [6.07, 6.45) is 6.08. The van der Waals surface area contributed by atoms with Crippen molar-refractivity contribution in [3.8, 4) is 0 Å². The molecule has 1 aromatic carbocycles. The number of hydrogen-bond acceptors (Lipinski definition) is 2. The first-order valence-corrected chi connectivity index (χ1v) is 6.78. The highest BCUT2D eigenvalue weighted by Crippen LogP contribution is 2.45. The summed E-state index contributed by atoms with van der Waals surface area (Å²) < 4.78 is 13.5. The van der Waals surface area contributed by atoms with Crippen molar-refractivity contribution < 1.29 is 4.39 Å². The molecule has 0 spiro atoms. The topological polar surface area (TPSA) is 38.0 Å².